The first kappa shape index (κ1) is 44.0. The van der Waals surface area contributed by atoms with Crippen molar-refractivity contribution in [2.75, 3.05) is 32.1 Å². The van der Waals surface area contributed by atoms with E-state index in [9.17, 15) is 9.59 Å². The molecule has 7 rings (SSSR count). The quantitative estimate of drug-likeness (QED) is 0.117. The molecule has 0 radical (unpaired) electrons. The number of rotatable bonds is 13. The van der Waals surface area contributed by atoms with Crippen LogP contribution in [0.5, 0.6) is 11.5 Å². The van der Waals surface area contributed by atoms with Gasteiger partial charge in [0, 0.05) is 51.4 Å². The van der Waals surface area contributed by atoms with Crippen molar-refractivity contribution in [2.24, 2.45) is 5.92 Å². The van der Waals surface area contributed by atoms with Crippen LogP contribution in [-0.4, -0.2) is 61.1 Å². The van der Waals surface area contributed by atoms with Crippen LogP contribution in [0.2, 0.25) is 10.0 Å². The Balaban J connectivity index is 1.06. The lowest BCUT2D eigenvalue weighted by Gasteiger charge is -2.38. The molecule has 2 aliphatic rings. The van der Waals surface area contributed by atoms with Crippen LogP contribution in [0, 0.1) is 19.8 Å². The van der Waals surface area contributed by atoms with Crippen LogP contribution in [0.3, 0.4) is 0 Å². The summed E-state index contributed by atoms with van der Waals surface area (Å²) < 4.78 is 18.4. The van der Waals surface area contributed by atoms with Crippen LogP contribution in [0.25, 0.3) is 11.1 Å². The van der Waals surface area contributed by atoms with Gasteiger partial charge < -0.3 is 24.4 Å². The molecular formula is C50H56Cl2N4O5. The van der Waals surface area contributed by atoms with Gasteiger partial charge in [-0.3, -0.25) is 14.7 Å². The first-order chi connectivity index (χ1) is 29.3. The minimum atomic E-state index is -0.838. The summed E-state index contributed by atoms with van der Waals surface area (Å²) in [6, 6.07) is 27.0. The number of hydrogen-bond acceptors (Lipinski definition) is 8. The molecule has 1 aromatic heterocycles. The van der Waals surface area contributed by atoms with Gasteiger partial charge in [-0.1, -0.05) is 86.4 Å². The molecule has 0 saturated heterocycles. The van der Waals surface area contributed by atoms with Crippen molar-refractivity contribution in [1.29, 1.82) is 0 Å². The largest absolute Gasteiger partial charge is 0.486 e. The highest BCUT2D eigenvalue weighted by atomic mass is 35.5. The Kier molecular flexibility index (Phi) is 13.9. The molecule has 0 saturated carbocycles. The highest BCUT2D eigenvalue weighted by Crippen LogP contribution is 2.41. The second-order valence-corrected chi connectivity index (χ2v) is 17.6. The molecule has 0 fully saturated rings. The van der Waals surface area contributed by atoms with Crippen LogP contribution in [-0.2, 0) is 33.7 Å². The summed E-state index contributed by atoms with van der Waals surface area (Å²) in [6.45, 7) is 12.6. The molecule has 2 aliphatic heterocycles. The number of aryl methyl sites for hydroxylation is 1. The monoisotopic (exact) mass is 862 g/mol. The number of carbonyl (C=O) groups is 2. The van der Waals surface area contributed by atoms with E-state index in [0.29, 0.717) is 41.9 Å². The summed E-state index contributed by atoms with van der Waals surface area (Å²) >= 11 is 12.5. The number of amides is 1. The fraction of sp³-hybridized carbons (Fsp3) is 0.380. The van der Waals surface area contributed by atoms with Gasteiger partial charge in [-0.2, -0.15) is 0 Å². The number of aromatic nitrogens is 1. The third-order valence-corrected chi connectivity index (χ3v) is 12.7. The molecule has 11 heteroatoms. The van der Waals surface area contributed by atoms with Crippen molar-refractivity contribution in [1.82, 2.24) is 15.2 Å². The molecule has 3 heterocycles. The van der Waals surface area contributed by atoms with Crippen molar-refractivity contribution in [2.45, 2.75) is 91.1 Å². The summed E-state index contributed by atoms with van der Waals surface area (Å²) in [5.41, 5.74) is 10.5. The maximum atomic E-state index is 14.3. The number of carbonyl (C=O) groups excluding carboxylic acids is 2. The number of pyridine rings is 1. The lowest BCUT2D eigenvalue weighted by atomic mass is 9.91. The molecule has 5 aromatic rings. The van der Waals surface area contributed by atoms with Gasteiger partial charge in [-0.25, -0.2) is 4.79 Å². The maximum Gasteiger partial charge on any atom is 0.328 e. The Labute approximate surface area is 370 Å². The van der Waals surface area contributed by atoms with Gasteiger partial charge in [0.2, 0.25) is 5.91 Å². The normalized spacial score (nSPS) is 17.4. The summed E-state index contributed by atoms with van der Waals surface area (Å²) in [7, 11) is 3.45. The van der Waals surface area contributed by atoms with E-state index in [1.54, 1.807) is 6.07 Å². The third kappa shape index (κ3) is 10.2. The standard InChI is InChI=1S/C50H56Cl2N4O5/c1-8-46(36-15-18-41(51)42(52)24-36)60-39-16-13-35(14-17-39)47-20-22-55(6)44-25-37-26-45(56(28-30(2)3)29-38(37)27-48(44)61-47)49(57)54-43(50(58)59-7)23-33-9-11-34(12-10-33)40-19-21-53-32(5)31(40)4/h9-19,21,24-25,27,30,43,45-47H,8,20,22-23,26,28-29H2,1-7H3,(H,54,57)/t43-,45-,46+,47+/m0/s1. The van der Waals surface area contributed by atoms with Crippen molar-refractivity contribution in [3.05, 3.63) is 140 Å². The second-order valence-electron chi connectivity index (χ2n) is 16.8. The summed E-state index contributed by atoms with van der Waals surface area (Å²) in [5.74, 6) is 1.25. The number of anilines is 1. The molecule has 1 amide bonds. The number of esters is 1. The van der Waals surface area contributed by atoms with Gasteiger partial charge in [0.05, 0.1) is 28.9 Å². The first-order valence-corrected chi connectivity index (χ1v) is 22.0. The van der Waals surface area contributed by atoms with E-state index in [1.807, 2.05) is 55.6 Å². The first-order valence-electron chi connectivity index (χ1n) is 21.2. The van der Waals surface area contributed by atoms with Crippen molar-refractivity contribution < 1.29 is 23.8 Å². The number of methoxy groups -OCH3 is 1. The smallest absolute Gasteiger partial charge is 0.328 e. The maximum absolute atomic E-state index is 14.3. The Morgan fingerprint density at radius 2 is 1.70 bits per heavy atom. The van der Waals surface area contributed by atoms with Crippen LogP contribution in [0.4, 0.5) is 5.69 Å². The van der Waals surface area contributed by atoms with Gasteiger partial charge in [0.25, 0.3) is 0 Å². The molecule has 4 aromatic carbocycles. The van der Waals surface area contributed by atoms with E-state index in [4.69, 9.17) is 37.4 Å². The van der Waals surface area contributed by atoms with Crippen molar-refractivity contribution in [3.63, 3.8) is 0 Å². The number of fused-ring (bicyclic) bond motifs is 2. The minimum Gasteiger partial charge on any atom is -0.486 e. The zero-order valence-electron chi connectivity index (χ0n) is 36.1. The summed E-state index contributed by atoms with van der Waals surface area (Å²) in [5, 5.41) is 4.13. The fourth-order valence-corrected chi connectivity index (χ4v) is 8.79. The summed E-state index contributed by atoms with van der Waals surface area (Å²) in [6.07, 6.45) is 3.89. The third-order valence-electron chi connectivity index (χ3n) is 12.0. The molecule has 320 valence electrons. The SMILES string of the molecule is CC[C@@H](Oc1ccc([C@H]2CCN(C)c3cc4c(cc3O2)CN(CC(C)C)[C@H](C(=O)N[C@@H](Cc2ccc(-c3ccnc(C)c3C)cc2)C(=O)OC)C4)cc1)c1ccc(Cl)c(Cl)c1. The number of nitrogens with zero attached hydrogens (tertiary/aromatic N) is 3. The van der Waals surface area contributed by atoms with Gasteiger partial charge in [-0.05, 0) is 120 Å². The number of hydrogen-bond donors (Lipinski definition) is 1. The number of halogens is 2. The Hall–Kier alpha value is -5.09. The van der Waals surface area contributed by atoms with Crippen molar-refractivity contribution in [3.8, 4) is 22.6 Å². The molecule has 0 bridgehead atoms. The number of ether oxygens (including phenoxy) is 3. The minimum absolute atomic E-state index is 0.155. The average molecular weight is 864 g/mol. The molecular weight excluding hydrogens is 807 g/mol. The highest BCUT2D eigenvalue weighted by Gasteiger charge is 2.36. The highest BCUT2D eigenvalue weighted by molar-refractivity contribution is 6.42. The molecule has 0 spiro atoms. The average Bonchev–Trinajstić information content (AvgIpc) is 3.41. The second kappa shape index (κ2) is 19.3. The van der Waals surface area contributed by atoms with Crippen LogP contribution in [0.15, 0.2) is 91.1 Å². The van der Waals surface area contributed by atoms with Gasteiger partial charge in [0.15, 0.2) is 0 Å². The lowest BCUT2D eigenvalue weighted by Crippen LogP contribution is -2.55. The Morgan fingerprint density at radius 1 is 0.951 bits per heavy atom. The van der Waals surface area contributed by atoms with Gasteiger partial charge >= 0.3 is 5.97 Å². The van der Waals surface area contributed by atoms with Gasteiger partial charge in [0.1, 0.15) is 29.7 Å². The fourth-order valence-electron chi connectivity index (χ4n) is 8.49. The number of benzene rings is 4. The molecule has 0 aliphatic carbocycles. The van der Waals surface area contributed by atoms with E-state index in [1.165, 1.54) is 7.11 Å². The van der Waals surface area contributed by atoms with Gasteiger partial charge in [-0.15, -0.1) is 0 Å². The van der Waals surface area contributed by atoms with Crippen LogP contribution in [0.1, 0.15) is 84.9 Å². The van der Waals surface area contributed by atoms with Crippen LogP contribution >= 0.6 is 23.2 Å². The van der Waals surface area contributed by atoms with E-state index in [-0.39, 0.29) is 18.1 Å². The number of nitrogens with one attached hydrogen (secondary N) is 1. The molecule has 0 unspecified atom stereocenters. The molecule has 4 atom stereocenters. The van der Waals surface area contributed by atoms with Crippen LogP contribution < -0.4 is 19.7 Å². The predicted molar refractivity (Wildman–Crippen MR) is 244 cm³/mol. The molecule has 61 heavy (non-hydrogen) atoms. The van der Waals surface area contributed by atoms with E-state index in [2.05, 4.69) is 91.2 Å². The predicted octanol–water partition coefficient (Wildman–Crippen LogP) is 10.4. The van der Waals surface area contributed by atoms with Crippen molar-refractivity contribution >= 4 is 40.8 Å². The summed E-state index contributed by atoms with van der Waals surface area (Å²) in [4.78, 5) is 36.4. The lowest BCUT2D eigenvalue weighted by molar-refractivity contribution is -0.145. The topological polar surface area (TPSA) is 93.2 Å². The molecule has 1 N–H and O–H groups in total. The zero-order valence-corrected chi connectivity index (χ0v) is 37.6. The molecule has 9 nitrogen and oxygen atoms in total. The zero-order chi connectivity index (χ0) is 43.4. The van der Waals surface area contributed by atoms with E-state index >= 15 is 0 Å². The van der Waals surface area contributed by atoms with E-state index < -0.39 is 18.1 Å². The Bertz CT molecular complexity index is 2350. The van der Waals surface area contributed by atoms with E-state index in [0.717, 1.165) is 86.8 Å². The Morgan fingerprint density at radius 3 is 2.39 bits per heavy atom.